The maximum absolute atomic E-state index is 4.62. The number of nitrogens with zero attached hydrogens (tertiary/aromatic N) is 23. The summed E-state index contributed by atoms with van der Waals surface area (Å²) >= 11 is 3.73. The molecule has 0 amide bonds. The quantitative estimate of drug-likeness (QED) is 0.165. The van der Waals surface area contributed by atoms with Crippen LogP contribution in [0, 0.1) is 41.4 Å². The Morgan fingerprint density at radius 3 is 1.19 bits per heavy atom. The summed E-state index contributed by atoms with van der Waals surface area (Å²) in [6.45, 7) is 61.9. The molecule has 0 unspecified atom stereocenters. The molecule has 34 heteroatoms. The van der Waals surface area contributed by atoms with Crippen molar-refractivity contribution in [2.45, 2.75) is 232 Å². The topological polar surface area (TPSA) is 407 Å². The van der Waals surface area contributed by atoms with Crippen LogP contribution >= 0.6 is 35.0 Å². The minimum Gasteiger partial charge on any atom is -0.452 e. The summed E-state index contributed by atoms with van der Waals surface area (Å²) in [5.41, 5.74) is 2.00. The lowest BCUT2D eigenvalue weighted by Gasteiger charge is -1.92. The molecule has 0 spiro atoms. The molecular weight excluding hydrogens is 1290 g/mol. The van der Waals surface area contributed by atoms with E-state index in [1.165, 1.54) is 79.9 Å². The van der Waals surface area contributed by atoms with Gasteiger partial charge in [-0.3, -0.25) is 10.2 Å². The summed E-state index contributed by atoms with van der Waals surface area (Å²) < 4.78 is 44.5. The summed E-state index contributed by atoms with van der Waals surface area (Å²) in [5, 5.41) is 60.0. The average molecular weight is 1410 g/mol. The van der Waals surface area contributed by atoms with E-state index in [2.05, 4.69) is 325 Å². The Kier molecular flexibility index (Phi) is 89.6. The molecule has 0 fully saturated rings. The first kappa shape index (κ1) is 104. The van der Waals surface area contributed by atoms with E-state index in [1.807, 2.05) is 40.0 Å². The first-order valence-electron chi connectivity index (χ1n) is 31.0. The molecular formula is C62H121N25O6S3. The molecule has 0 saturated carbocycles. The van der Waals surface area contributed by atoms with Gasteiger partial charge in [-0.25, -0.2) is 19.2 Å². The SMILES string of the molecule is C.CC(C)C.CC(C)C.CC(C)C.CC(C)C.CC(C)C.CC(C)C.CC(C)C.CC(C)c1cnon1.CC(C)c1cnsn1.CC(C)c1nnno1.CC(C)c1nnns1.c1cn[nH]c1.c1cnoc1.c1cocn1.c1conn1.c1nc[nH]n1.c1nnon1.c1nnsn1. The van der Waals surface area contributed by atoms with Crippen molar-refractivity contribution in [3.63, 3.8) is 0 Å². The zero-order chi connectivity index (χ0) is 73.7. The summed E-state index contributed by atoms with van der Waals surface area (Å²) in [6, 6.07) is 3.56. The van der Waals surface area contributed by atoms with Crippen LogP contribution < -0.4 is 0 Å². The fourth-order valence-corrected chi connectivity index (χ4v) is 3.86. The van der Waals surface area contributed by atoms with Gasteiger partial charge in [0.25, 0.3) is 5.89 Å². The van der Waals surface area contributed by atoms with E-state index in [0.29, 0.717) is 23.6 Å². The van der Waals surface area contributed by atoms with Crippen LogP contribution in [-0.4, -0.2) is 125 Å². The van der Waals surface area contributed by atoms with Gasteiger partial charge in [-0.15, -0.1) is 15.3 Å². The molecule has 0 aromatic carbocycles. The van der Waals surface area contributed by atoms with Gasteiger partial charge < -0.3 is 18.0 Å². The van der Waals surface area contributed by atoms with E-state index >= 15 is 0 Å². The maximum Gasteiger partial charge on any atom is 0.250 e. The lowest BCUT2D eigenvalue weighted by molar-refractivity contribution is 0.292. The molecule has 0 aliphatic heterocycles. The second-order valence-corrected chi connectivity index (χ2v) is 26.0. The Morgan fingerprint density at radius 1 is 0.427 bits per heavy atom. The number of nitrogens with one attached hydrogen (secondary N) is 2. The van der Waals surface area contributed by atoms with E-state index in [4.69, 9.17) is 0 Å². The Hall–Kier alpha value is -8.27. The molecule has 2 N–H and O–H groups in total. The number of aromatic amines is 2. The van der Waals surface area contributed by atoms with Gasteiger partial charge in [0.1, 0.15) is 42.1 Å². The lowest BCUT2D eigenvalue weighted by atomic mass is 10.2. The fourth-order valence-electron chi connectivity index (χ4n) is 2.66. The molecule has 31 nitrogen and oxygen atoms in total. The number of oxazole rings is 1. The molecule has 96 heavy (non-hydrogen) atoms. The zero-order valence-corrected chi connectivity index (χ0v) is 64.6. The van der Waals surface area contributed by atoms with Gasteiger partial charge in [0.15, 0.2) is 19.0 Å². The first-order chi connectivity index (χ1) is 44.8. The van der Waals surface area contributed by atoms with Crippen LogP contribution in [0.2, 0.25) is 0 Å². The van der Waals surface area contributed by atoms with Crippen LogP contribution in [0.15, 0.2) is 133 Å². The highest BCUT2D eigenvalue weighted by Gasteiger charge is 2.04. The highest BCUT2D eigenvalue weighted by Crippen LogP contribution is 2.12. The summed E-state index contributed by atoms with van der Waals surface area (Å²) in [4.78, 5) is 7.11. The number of hydrogen-bond donors (Lipinski definition) is 2. The molecule has 11 rings (SSSR count). The number of rotatable bonds is 4. The number of aromatic nitrogens is 25. The Morgan fingerprint density at radius 2 is 1.03 bits per heavy atom. The number of H-pyrrole nitrogens is 2. The second kappa shape index (κ2) is 82.8. The molecule has 0 saturated heterocycles. The van der Waals surface area contributed by atoms with Gasteiger partial charge in [0.2, 0.25) is 0 Å². The third-order valence-electron chi connectivity index (χ3n) is 5.73. The van der Waals surface area contributed by atoms with E-state index in [9.17, 15) is 0 Å². The predicted molar refractivity (Wildman–Crippen MR) is 383 cm³/mol. The van der Waals surface area contributed by atoms with Crippen LogP contribution in [0.5, 0.6) is 0 Å². The second-order valence-electron chi connectivity index (χ2n) is 24.2. The van der Waals surface area contributed by atoms with Crippen LogP contribution in [0.1, 0.15) is 254 Å². The van der Waals surface area contributed by atoms with Gasteiger partial charge in [-0.2, -0.15) is 23.3 Å². The van der Waals surface area contributed by atoms with Gasteiger partial charge in [-0.05, 0) is 75.1 Å². The zero-order valence-electron chi connectivity index (χ0n) is 62.1. The summed E-state index contributed by atoms with van der Waals surface area (Å²) in [5.74, 6) is 8.11. The van der Waals surface area contributed by atoms with Crippen molar-refractivity contribution in [1.82, 2.24) is 125 Å². The highest BCUT2D eigenvalue weighted by atomic mass is 32.1. The van der Waals surface area contributed by atoms with Crippen LogP contribution in [-0.2, 0) is 0 Å². The molecule has 0 aliphatic carbocycles. The minimum atomic E-state index is 0. The molecule has 0 aliphatic rings. The molecule has 0 atom stereocenters. The fraction of sp³-hybridized carbons (Fsp3) is 0.661. The molecule has 11 aromatic heterocycles. The van der Waals surface area contributed by atoms with E-state index in [-0.39, 0.29) is 13.3 Å². The van der Waals surface area contributed by atoms with Crippen molar-refractivity contribution >= 4 is 35.0 Å². The van der Waals surface area contributed by atoms with Crippen molar-refractivity contribution in [3.8, 4) is 0 Å². The van der Waals surface area contributed by atoms with Crippen molar-refractivity contribution in [2.24, 2.45) is 41.4 Å². The molecule has 0 bridgehead atoms. The summed E-state index contributed by atoms with van der Waals surface area (Å²) in [7, 11) is 0. The van der Waals surface area contributed by atoms with Gasteiger partial charge >= 0.3 is 0 Å². The Bertz CT molecular complexity index is 2090. The Labute approximate surface area is 585 Å². The molecule has 11 heterocycles. The number of hydrogen-bond acceptors (Lipinski definition) is 32. The third kappa shape index (κ3) is 123. The highest BCUT2D eigenvalue weighted by molar-refractivity contribution is 7.05. The predicted octanol–water partition coefficient (Wildman–Crippen LogP) is 17.8. The third-order valence-corrected chi connectivity index (χ3v) is 7.47. The monoisotopic (exact) mass is 1410 g/mol. The normalized spacial score (nSPS) is 9.00. The molecule has 11 aromatic rings. The smallest absolute Gasteiger partial charge is 0.250 e. The van der Waals surface area contributed by atoms with Gasteiger partial charge in [0.05, 0.1) is 70.7 Å². The minimum absolute atomic E-state index is 0. The molecule has 0 radical (unpaired) electrons. The van der Waals surface area contributed by atoms with E-state index in [1.54, 1.807) is 37.1 Å². The molecule has 548 valence electrons. The summed E-state index contributed by atoms with van der Waals surface area (Å²) in [6.07, 6.45) is 22.9. The van der Waals surface area contributed by atoms with Gasteiger partial charge in [0, 0.05) is 47.0 Å². The van der Waals surface area contributed by atoms with E-state index in [0.717, 1.165) is 69.5 Å². The largest absolute Gasteiger partial charge is 0.452 e. The van der Waals surface area contributed by atoms with Crippen LogP contribution in [0.3, 0.4) is 0 Å². The van der Waals surface area contributed by atoms with Crippen molar-refractivity contribution in [2.75, 3.05) is 0 Å². The van der Waals surface area contributed by atoms with Crippen LogP contribution in [0.25, 0.3) is 0 Å². The lowest BCUT2D eigenvalue weighted by Crippen LogP contribution is -1.85. The van der Waals surface area contributed by atoms with Gasteiger partial charge in [-0.1, -0.05) is 243 Å². The Balaban J connectivity index is -0.000000143. The van der Waals surface area contributed by atoms with E-state index < -0.39 is 0 Å². The van der Waals surface area contributed by atoms with Crippen molar-refractivity contribution in [1.29, 1.82) is 0 Å². The maximum atomic E-state index is 4.62. The van der Waals surface area contributed by atoms with Crippen molar-refractivity contribution < 1.29 is 27.2 Å². The standard InChI is InChI=1S/C5H8N2O.C5H8N2S.C4H7N3O.C4H7N3S.7C4H10.C3H4N2.2C3H3NO.C2H3N3.C2H2N2O.CHN3O.CHN3S.CH4/c2*1-4(2)5-3-6-8-7-5;2*1-3(2)4-5-6-7-8-4;7*1-4(2)3;1-2-4-5-3-1;1-2-5-3-4-1;1-2-4-5-3-1;1-3-2-5-4-1;1-2-5-4-3-1;2*1-2-4-5-3-1;/h2*3-4H,1-2H3;2*3H,1-2H3;7*4H,1-3H3;1-3H,(H,4,5);2*1-3H;1-2H,(H,3,4,5);1-2H;2*1H;1H4. The van der Waals surface area contributed by atoms with Crippen LogP contribution in [0.4, 0.5) is 0 Å². The first-order valence-corrected chi connectivity index (χ1v) is 33.2. The average Bonchev–Trinajstić information content (AvgIpc) is 3.26. The van der Waals surface area contributed by atoms with Crippen molar-refractivity contribution in [3.05, 3.63) is 128 Å².